The summed E-state index contributed by atoms with van der Waals surface area (Å²) in [5.41, 5.74) is 8.84. The topological polar surface area (TPSA) is 0 Å². The zero-order chi connectivity index (χ0) is 18.2. The summed E-state index contributed by atoms with van der Waals surface area (Å²) in [6.45, 7) is 17.5. The summed E-state index contributed by atoms with van der Waals surface area (Å²) in [5.74, 6) is 0. The van der Waals surface area contributed by atoms with Gasteiger partial charge < -0.3 is 0 Å². The van der Waals surface area contributed by atoms with Gasteiger partial charge in [-0.3, -0.25) is 6.08 Å². The van der Waals surface area contributed by atoms with Gasteiger partial charge in [-0.1, -0.05) is 66.2 Å². The fourth-order valence-electron chi connectivity index (χ4n) is 2.80. The monoisotopic (exact) mass is 430 g/mol. The van der Waals surface area contributed by atoms with Gasteiger partial charge in [0.15, 0.2) is 0 Å². The van der Waals surface area contributed by atoms with E-state index in [0.717, 1.165) is 6.42 Å². The molecule has 2 aliphatic carbocycles. The Morgan fingerprint density at radius 3 is 1.74 bits per heavy atom. The molecule has 0 saturated heterocycles. The van der Waals surface area contributed by atoms with Crippen LogP contribution in [0.15, 0.2) is 33.4 Å². The molecule has 0 aliphatic heterocycles. The Bertz CT molecular complexity index is 520. The third kappa shape index (κ3) is 7.45. The van der Waals surface area contributed by atoms with E-state index in [1.165, 1.54) is 46.3 Å². The molecule has 0 aromatic heterocycles. The molecule has 0 amide bonds. The van der Waals surface area contributed by atoms with Crippen LogP contribution in [0.25, 0.3) is 0 Å². The SMILES string of the molecule is CC1=[C-]C(C)(C)C(C)=C1C.CCC1=[C-]C(CC)=C(C)C1.[Cl][Zr+2][Cl]. The van der Waals surface area contributed by atoms with Crippen LogP contribution >= 0.6 is 17.0 Å². The van der Waals surface area contributed by atoms with Gasteiger partial charge in [-0.05, 0) is 0 Å². The first kappa shape index (κ1) is 23.4. The first-order valence-electron chi connectivity index (χ1n) is 8.21. The average Bonchev–Trinajstić information content (AvgIpc) is 2.94. The maximum absolute atomic E-state index is 4.93. The minimum absolute atomic E-state index is 0.189. The number of allylic oxidation sites excluding steroid dienone is 8. The van der Waals surface area contributed by atoms with Crippen molar-refractivity contribution in [3.05, 3.63) is 45.6 Å². The van der Waals surface area contributed by atoms with Crippen molar-refractivity contribution in [1.29, 1.82) is 0 Å². The standard InChI is InChI=1S/2C10H15.2ClH.Zr/c1-7-6-10(4,5)9(3)8(7)2;1-4-9-6-8(3)10(5-2)7-9;;;/h1-5H3;4-6H2,1-3H3;2*1H;/q2*-1;;;+4/p-2. The fourth-order valence-corrected chi connectivity index (χ4v) is 2.80. The molecule has 0 nitrogen and oxygen atoms in total. The van der Waals surface area contributed by atoms with Crippen LogP contribution in [-0.4, -0.2) is 0 Å². The van der Waals surface area contributed by atoms with Gasteiger partial charge in [0, 0.05) is 0 Å². The molecule has 0 bridgehead atoms. The Morgan fingerprint density at radius 2 is 1.57 bits per heavy atom. The number of halogens is 2. The van der Waals surface area contributed by atoms with Crippen LogP contribution in [-0.2, 0) is 20.8 Å². The first-order chi connectivity index (χ1) is 10.6. The van der Waals surface area contributed by atoms with Gasteiger partial charge in [-0.15, -0.1) is 13.8 Å². The second-order valence-electron chi connectivity index (χ2n) is 6.57. The van der Waals surface area contributed by atoms with Crippen molar-refractivity contribution < 1.29 is 20.8 Å². The van der Waals surface area contributed by atoms with Crippen LogP contribution < -0.4 is 0 Å². The van der Waals surface area contributed by atoms with Gasteiger partial charge in [-0.2, -0.15) is 16.7 Å². The Labute approximate surface area is 162 Å². The van der Waals surface area contributed by atoms with E-state index in [1.807, 2.05) is 0 Å². The van der Waals surface area contributed by atoms with E-state index < -0.39 is 20.8 Å². The summed E-state index contributed by atoms with van der Waals surface area (Å²) in [6, 6.07) is 0. The normalized spacial score (nSPS) is 18.5. The van der Waals surface area contributed by atoms with Crippen molar-refractivity contribution in [2.45, 2.75) is 74.7 Å². The van der Waals surface area contributed by atoms with Crippen molar-refractivity contribution in [2.75, 3.05) is 0 Å². The Hall–Kier alpha value is 0.423. The number of hydrogen-bond acceptors (Lipinski definition) is 0. The van der Waals surface area contributed by atoms with Gasteiger partial charge >= 0.3 is 37.9 Å². The van der Waals surface area contributed by atoms with Crippen LogP contribution in [0.3, 0.4) is 0 Å². The van der Waals surface area contributed by atoms with Crippen LogP contribution in [0.5, 0.6) is 0 Å². The molecule has 0 fully saturated rings. The van der Waals surface area contributed by atoms with Crippen molar-refractivity contribution in [3.8, 4) is 0 Å². The predicted molar refractivity (Wildman–Crippen MR) is 101 cm³/mol. The molecule has 128 valence electrons. The van der Waals surface area contributed by atoms with Gasteiger partial charge in [0.1, 0.15) is 0 Å². The summed E-state index contributed by atoms with van der Waals surface area (Å²) >= 11 is -0.826. The van der Waals surface area contributed by atoms with E-state index in [0.29, 0.717) is 0 Å². The van der Waals surface area contributed by atoms with Crippen LogP contribution in [0.4, 0.5) is 0 Å². The van der Waals surface area contributed by atoms with E-state index in [4.69, 9.17) is 17.0 Å². The zero-order valence-corrected chi connectivity index (χ0v) is 19.8. The Balaban J connectivity index is 0.000000360. The molecule has 0 radical (unpaired) electrons. The van der Waals surface area contributed by atoms with E-state index >= 15 is 0 Å². The van der Waals surface area contributed by atoms with E-state index in [-0.39, 0.29) is 5.41 Å². The third-order valence-corrected chi connectivity index (χ3v) is 4.66. The van der Waals surface area contributed by atoms with Crippen molar-refractivity contribution in [1.82, 2.24) is 0 Å². The minimum atomic E-state index is -0.826. The van der Waals surface area contributed by atoms with E-state index in [2.05, 4.69) is 67.5 Å². The quantitative estimate of drug-likeness (QED) is 0.391. The Kier molecular flexibility index (Phi) is 11.3. The molecule has 0 atom stereocenters. The van der Waals surface area contributed by atoms with E-state index in [1.54, 1.807) is 0 Å². The molecule has 2 aliphatic rings. The molecule has 0 aromatic rings. The van der Waals surface area contributed by atoms with Gasteiger partial charge in [-0.25, -0.2) is 22.8 Å². The Morgan fingerprint density at radius 1 is 1.04 bits per heavy atom. The fraction of sp³-hybridized carbons (Fsp3) is 0.600. The average molecular weight is 433 g/mol. The zero-order valence-electron chi connectivity index (χ0n) is 15.9. The summed E-state index contributed by atoms with van der Waals surface area (Å²) in [5, 5.41) is 0. The molecule has 0 aromatic carbocycles. The number of hydrogen-bond donors (Lipinski definition) is 0. The molecule has 3 heteroatoms. The maximum atomic E-state index is 4.93. The number of rotatable bonds is 2. The molecule has 2 rings (SSSR count). The van der Waals surface area contributed by atoms with Gasteiger partial charge in [0.2, 0.25) is 0 Å². The molecule has 0 unspecified atom stereocenters. The van der Waals surface area contributed by atoms with E-state index in [9.17, 15) is 0 Å². The van der Waals surface area contributed by atoms with Crippen molar-refractivity contribution in [3.63, 3.8) is 0 Å². The molecular formula is C20H30Cl2Zr. The van der Waals surface area contributed by atoms with Crippen LogP contribution in [0.1, 0.15) is 74.7 Å². The molecule has 0 saturated carbocycles. The van der Waals surface area contributed by atoms with Crippen molar-refractivity contribution in [2.24, 2.45) is 5.41 Å². The van der Waals surface area contributed by atoms with Gasteiger partial charge in [0.25, 0.3) is 0 Å². The first-order valence-corrected chi connectivity index (χ1v) is 14.5. The third-order valence-electron chi connectivity index (χ3n) is 4.66. The molecule has 23 heavy (non-hydrogen) atoms. The van der Waals surface area contributed by atoms with Crippen LogP contribution in [0.2, 0.25) is 0 Å². The second-order valence-corrected chi connectivity index (χ2v) is 10.3. The van der Waals surface area contributed by atoms with Gasteiger partial charge in [0.05, 0.1) is 0 Å². The molecule has 0 spiro atoms. The molecular weight excluding hydrogens is 402 g/mol. The molecule has 0 heterocycles. The van der Waals surface area contributed by atoms with Crippen molar-refractivity contribution >= 4 is 17.0 Å². The summed E-state index contributed by atoms with van der Waals surface area (Å²) < 4.78 is 0. The second kappa shape index (κ2) is 11.1. The summed E-state index contributed by atoms with van der Waals surface area (Å²) in [4.78, 5) is 0. The van der Waals surface area contributed by atoms with Crippen LogP contribution in [0, 0.1) is 17.6 Å². The summed E-state index contributed by atoms with van der Waals surface area (Å²) in [6.07, 6.45) is 10.4. The summed E-state index contributed by atoms with van der Waals surface area (Å²) in [7, 11) is 9.87. The molecule has 0 N–H and O–H groups in total. The predicted octanol–water partition coefficient (Wildman–Crippen LogP) is 7.74.